The number of rotatable bonds is 6. The van der Waals surface area contributed by atoms with E-state index in [0.717, 1.165) is 11.3 Å². The number of nitrogens with one attached hydrogen (secondary N) is 2. The molecule has 0 saturated heterocycles. The summed E-state index contributed by atoms with van der Waals surface area (Å²) in [7, 11) is 0. The van der Waals surface area contributed by atoms with Gasteiger partial charge in [-0.3, -0.25) is 10.1 Å². The minimum Gasteiger partial charge on any atom is -0.481 e. The van der Waals surface area contributed by atoms with Crippen LogP contribution in [0.1, 0.15) is 12.8 Å². The number of thiazole rings is 1. The molecular weight excluding hydrogens is 342 g/mol. The molecule has 1 aromatic rings. The Morgan fingerprint density at radius 1 is 1.42 bits per heavy atom. The Labute approximate surface area is 120 Å². The number of anilines is 1. The zero-order chi connectivity index (χ0) is 14.4. The van der Waals surface area contributed by atoms with E-state index in [1.165, 1.54) is 6.20 Å². The number of hydrogen-bond acceptors (Lipinski definition) is 5. The van der Waals surface area contributed by atoms with Crippen LogP contribution in [0.5, 0.6) is 0 Å². The lowest BCUT2D eigenvalue weighted by atomic mass is 10.1. The Balaban J connectivity index is 2.51. The van der Waals surface area contributed by atoms with E-state index >= 15 is 0 Å². The third-order valence-electron chi connectivity index (χ3n) is 1.95. The summed E-state index contributed by atoms with van der Waals surface area (Å²) < 4.78 is 0.712. The highest BCUT2D eigenvalue weighted by atomic mass is 79.9. The number of aromatic nitrogens is 1. The second kappa shape index (κ2) is 7.04. The van der Waals surface area contributed by atoms with E-state index in [1.54, 1.807) is 0 Å². The molecule has 0 radical (unpaired) electrons. The third-order valence-corrected chi connectivity index (χ3v) is 3.34. The summed E-state index contributed by atoms with van der Waals surface area (Å²) in [6.45, 7) is 0. The Bertz CT molecular complexity index is 492. The van der Waals surface area contributed by atoms with Crippen LogP contribution in [0.25, 0.3) is 0 Å². The molecule has 0 aliphatic carbocycles. The normalized spacial score (nSPS) is 11.6. The van der Waals surface area contributed by atoms with Crippen molar-refractivity contribution in [2.45, 2.75) is 18.9 Å². The molecule has 2 amide bonds. The highest BCUT2D eigenvalue weighted by Crippen LogP contribution is 2.22. The first-order valence-electron chi connectivity index (χ1n) is 5.02. The number of hydrogen-bond donors (Lipinski definition) is 4. The van der Waals surface area contributed by atoms with Gasteiger partial charge in [0.15, 0.2) is 5.13 Å². The van der Waals surface area contributed by atoms with Crippen molar-refractivity contribution in [3.63, 3.8) is 0 Å². The fourth-order valence-corrected chi connectivity index (χ4v) is 2.23. The molecule has 0 saturated carbocycles. The van der Waals surface area contributed by atoms with Crippen molar-refractivity contribution < 1.29 is 24.6 Å². The van der Waals surface area contributed by atoms with E-state index in [1.807, 2.05) is 0 Å². The molecular formula is C9H10BrN3O5S. The number of halogens is 1. The molecule has 0 aromatic carbocycles. The van der Waals surface area contributed by atoms with Crippen LogP contribution in [0, 0.1) is 0 Å². The van der Waals surface area contributed by atoms with Crippen molar-refractivity contribution in [3.05, 3.63) is 9.98 Å². The number of amides is 2. The Kier molecular flexibility index (Phi) is 5.70. The van der Waals surface area contributed by atoms with Gasteiger partial charge in [0.2, 0.25) is 0 Å². The highest BCUT2D eigenvalue weighted by Gasteiger charge is 2.21. The van der Waals surface area contributed by atoms with Crippen LogP contribution in [0.2, 0.25) is 0 Å². The van der Waals surface area contributed by atoms with Crippen molar-refractivity contribution in [1.82, 2.24) is 10.3 Å². The second-order valence-corrected chi connectivity index (χ2v) is 5.80. The number of carbonyl (C=O) groups excluding carboxylic acids is 1. The lowest BCUT2D eigenvalue weighted by Crippen LogP contribution is -2.43. The molecule has 1 aromatic heterocycles. The molecule has 1 heterocycles. The zero-order valence-corrected chi connectivity index (χ0v) is 11.8. The minimum absolute atomic E-state index is 0.195. The van der Waals surface area contributed by atoms with Crippen molar-refractivity contribution in [2.75, 3.05) is 5.32 Å². The number of carboxylic acid groups (broad SMARTS) is 2. The highest BCUT2D eigenvalue weighted by molar-refractivity contribution is 9.11. The van der Waals surface area contributed by atoms with Crippen LogP contribution in [0.4, 0.5) is 9.93 Å². The molecule has 0 bridgehead atoms. The van der Waals surface area contributed by atoms with Crippen molar-refractivity contribution in [3.8, 4) is 0 Å². The number of aliphatic carboxylic acids is 2. The number of carboxylic acids is 2. The lowest BCUT2D eigenvalue weighted by molar-refractivity contribution is -0.140. The van der Waals surface area contributed by atoms with Crippen molar-refractivity contribution in [1.29, 1.82) is 0 Å². The molecule has 4 N–H and O–H groups in total. The number of carbonyl (C=O) groups is 3. The lowest BCUT2D eigenvalue weighted by Gasteiger charge is -2.13. The van der Waals surface area contributed by atoms with Gasteiger partial charge in [0.25, 0.3) is 0 Å². The second-order valence-electron chi connectivity index (χ2n) is 3.39. The fourth-order valence-electron chi connectivity index (χ4n) is 1.13. The number of urea groups is 1. The Hall–Kier alpha value is -1.68. The number of nitrogens with zero attached hydrogens (tertiary/aromatic N) is 1. The quantitative estimate of drug-likeness (QED) is 0.612. The monoisotopic (exact) mass is 351 g/mol. The Morgan fingerprint density at radius 2 is 2.11 bits per heavy atom. The summed E-state index contributed by atoms with van der Waals surface area (Å²) in [5, 5.41) is 22.1. The van der Waals surface area contributed by atoms with E-state index in [4.69, 9.17) is 10.2 Å². The smallest absolute Gasteiger partial charge is 0.326 e. The van der Waals surface area contributed by atoms with Crippen LogP contribution >= 0.6 is 27.3 Å². The maximum Gasteiger partial charge on any atom is 0.326 e. The largest absolute Gasteiger partial charge is 0.481 e. The van der Waals surface area contributed by atoms with Crippen LogP contribution in [0.3, 0.4) is 0 Å². The first-order valence-corrected chi connectivity index (χ1v) is 6.63. The van der Waals surface area contributed by atoms with Crippen LogP contribution in [-0.4, -0.2) is 39.2 Å². The summed E-state index contributed by atoms with van der Waals surface area (Å²) in [4.78, 5) is 36.6. The predicted molar refractivity (Wildman–Crippen MR) is 70.3 cm³/mol. The zero-order valence-electron chi connectivity index (χ0n) is 9.42. The fraction of sp³-hybridized carbons (Fsp3) is 0.333. The summed E-state index contributed by atoms with van der Waals surface area (Å²) in [6.07, 6.45) is 0.944. The molecule has 19 heavy (non-hydrogen) atoms. The van der Waals surface area contributed by atoms with Crippen LogP contribution < -0.4 is 10.6 Å². The van der Waals surface area contributed by atoms with Gasteiger partial charge in [-0.25, -0.2) is 14.6 Å². The Morgan fingerprint density at radius 3 is 2.58 bits per heavy atom. The van der Waals surface area contributed by atoms with Gasteiger partial charge in [0.1, 0.15) is 6.04 Å². The summed E-state index contributed by atoms with van der Waals surface area (Å²) >= 11 is 4.32. The standard InChI is InChI=1S/C9H10BrN3O5S/c10-5-3-11-9(19-5)13-8(18)12-4(7(16)17)1-2-6(14)15/h3-4H,1-2H2,(H,14,15)(H,16,17)(H2,11,12,13,18). The molecule has 0 aliphatic rings. The van der Waals surface area contributed by atoms with Gasteiger partial charge < -0.3 is 15.5 Å². The topological polar surface area (TPSA) is 129 Å². The third kappa shape index (κ3) is 5.66. The van der Waals surface area contributed by atoms with Crippen LogP contribution in [0.15, 0.2) is 9.98 Å². The van der Waals surface area contributed by atoms with E-state index in [-0.39, 0.29) is 12.8 Å². The van der Waals surface area contributed by atoms with Gasteiger partial charge in [-0.05, 0) is 22.4 Å². The van der Waals surface area contributed by atoms with E-state index < -0.39 is 24.0 Å². The van der Waals surface area contributed by atoms with E-state index in [2.05, 4.69) is 31.5 Å². The summed E-state index contributed by atoms with van der Waals surface area (Å²) in [5.41, 5.74) is 0. The first-order chi connectivity index (χ1) is 8.88. The van der Waals surface area contributed by atoms with Gasteiger partial charge in [0.05, 0.1) is 9.98 Å². The average molecular weight is 352 g/mol. The molecule has 1 rings (SSSR count). The molecule has 104 valence electrons. The molecule has 0 fully saturated rings. The molecule has 0 spiro atoms. The molecule has 8 nitrogen and oxygen atoms in total. The molecule has 0 aliphatic heterocycles. The van der Waals surface area contributed by atoms with Crippen molar-refractivity contribution >= 4 is 50.4 Å². The molecule has 1 atom stereocenters. The predicted octanol–water partition coefficient (Wildman–Crippen LogP) is 1.35. The maximum absolute atomic E-state index is 11.5. The van der Waals surface area contributed by atoms with Crippen LogP contribution in [-0.2, 0) is 9.59 Å². The van der Waals surface area contributed by atoms with Gasteiger partial charge in [0, 0.05) is 6.42 Å². The first kappa shape index (κ1) is 15.4. The SMILES string of the molecule is O=C(O)CCC(NC(=O)Nc1ncc(Br)s1)C(=O)O. The van der Waals surface area contributed by atoms with Gasteiger partial charge in [-0.1, -0.05) is 11.3 Å². The van der Waals surface area contributed by atoms with Crippen molar-refractivity contribution in [2.24, 2.45) is 0 Å². The average Bonchev–Trinajstić information content (AvgIpc) is 2.69. The molecule has 10 heteroatoms. The van der Waals surface area contributed by atoms with Gasteiger partial charge in [-0.2, -0.15) is 0 Å². The summed E-state index contributed by atoms with van der Waals surface area (Å²) in [6, 6.07) is -2.01. The summed E-state index contributed by atoms with van der Waals surface area (Å²) in [5.74, 6) is -2.42. The van der Waals surface area contributed by atoms with E-state index in [0.29, 0.717) is 8.92 Å². The maximum atomic E-state index is 11.5. The molecule has 1 unspecified atom stereocenters. The van der Waals surface area contributed by atoms with E-state index in [9.17, 15) is 14.4 Å². The van der Waals surface area contributed by atoms with Gasteiger partial charge >= 0.3 is 18.0 Å². The minimum atomic E-state index is -1.29. The van der Waals surface area contributed by atoms with Gasteiger partial charge in [-0.15, -0.1) is 0 Å².